The van der Waals surface area contributed by atoms with E-state index < -0.39 is 12.8 Å². The minimum absolute atomic E-state index is 0.187. The number of aromatic amines is 1. The molecule has 0 spiro atoms. The maximum atomic E-state index is 12.9. The lowest BCUT2D eigenvalue weighted by molar-refractivity contribution is 0.690. The molecule has 0 saturated carbocycles. The highest BCUT2D eigenvalue weighted by Crippen LogP contribution is 2.21. The van der Waals surface area contributed by atoms with Gasteiger partial charge in [0.1, 0.15) is 0 Å². The molecule has 0 amide bonds. The summed E-state index contributed by atoms with van der Waals surface area (Å²) in [5, 5.41) is 0. The first kappa shape index (κ1) is 9.75. The first-order valence-corrected chi connectivity index (χ1v) is 6.90. The van der Waals surface area contributed by atoms with Crippen molar-refractivity contribution in [1.82, 2.24) is 14.4 Å². The molecule has 0 bridgehead atoms. The average Bonchev–Trinajstić information content (AvgIpc) is 2.85. The highest BCUT2D eigenvalue weighted by atomic mass is 16.1. The number of H-pyrrole nitrogens is 1. The van der Waals surface area contributed by atoms with Crippen LogP contribution in [0, 0.1) is 0 Å². The van der Waals surface area contributed by atoms with E-state index in [9.17, 15) is 4.79 Å². The Labute approximate surface area is 121 Å². The van der Waals surface area contributed by atoms with Gasteiger partial charge in [-0.15, -0.1) is 0 Å². The van der Waals surface area contributed by atoms with Crippen molar-refractivity contribution in [3.05, 3.63) is 45.9 Å². The van der Waals surface area contributed by atoms with Gasteiger partial charge in [0.05, 0.1) is 16.7 Å². The summed E-state index contributed by atoms with van der Waals surface area (Å²) in [5.74, 6) is -0.340. The third kappa shape index (κ3) is 1.75. The number of rotatable bonds is 3. The first-order chi connectivity index (χ1) is 10.9. The number of nitrogens with zero attached hydrogens (tertiary/aromatic N) is 2. The fraction of sp³-hybridized carbons (Fsp3) is 0.375. The van der Waals surface area contributed by atoms with Crippen LogP contribution in [0.1, 0.15) is 48.4 Å². The zero-order valence-corrected chi connectivity index (χ0v) is 11.6. The first-order valence-electron chi connectivity index (χ1n) is 8.40. The van der Waals surface area contributed by atoms with Crippen molar-refractivity contribution in [3.63, 3.8) is 0 Å². The topological polar surface area (TPSA) is 50.2 Å². The van der Waals surface area contributed by atoms with E-state index in [2.05, 4.69) is 9.97 Å². The van der Waals surface area contributed by atoms with E-state index >= 15 is 0 Å². The number of hydrogen-bond donors (Lipinski definition) is 1. The van der Waals surface area contributed by atoms with Gasteiger partial charge in [-0.3, -0.25) is 4.79 Å². The Morgan fingerprint density at radius 1 is 1.40 bits per heavy atom. The van der Waals surface area contributed by atoms with Gasteiger partial charge in [-0.1, -0.05) is 32.8 Å². The summed E-state index contributed by atoms with van der Waals surface area (Å²) in [6.07, 6.45) is 0.864. The summed E-state index contributed by atoms with van der Waals surface area (Å²) < 4.78 is 24.8. The number of nitrogens with one attached hydrogen (secondary N) is 1. The van der Waals surface area contributed by atoms with E-state index in [-0.39, 0.29) is 5.56 Å². The number of fused-ring (bicyclic) bond motifs is 3. The van der Waals surface area contributed by atoms with Crippen molar-refractivity contribution in [2.45, 2.75) is 39.5 Å². The second-order valence-corrected chi connectivity index (χ2v) is 4.90. The molecule has 0 aliphatic carbocycles. The summed E-state index contributed by atoms with van der Waals surface area (Å²) in [6.45, 7) is 1.49. The Hall–Kier alpha value is -2.10. The van der Waals surface area contributed by atoms with Gasteiger partial charge in [-0.25, -0.2) is 9.38 Å². The zero-order chi connectivity index (χ0) is 16.8. The summed E-state index contributed by atoms with van der Waals surface area (Å²) in [4.78, 5) is 20.6. The number of aromatic nitrogens is 3. The van der Waals surface area contributed by atoms with Crippen LogP contribution in [0.2, 0.25) is 0 Å². The molecule has 1 N–H and O–H groups in total. The molecule has 2 heterocycles. The smallest absolute Gasteiger partial charge is 0.263 e. The van der Waals surface area contributed by atoms with Crippen LogP contribution in [-0.2, 0) is 6.42 Å². The molecular formula is C16H19N3O. The Bertz CT molecular complexity index is 924. The van der Waals surface area contributed by atoms with Gasteiger partial charge >= 0.3 is 0 Å². The van der Waals surface area contributed by atoms with Crippen molar-refractivity contribution >= 4 is 16.8 Å². The quantitative estimate of drug-likeness (QED) is 0.795. The summed E-state index contributed by atoms with van der Waals surface area (Å²) in [6, 6.07) is 7.46. The van der Waals surface area contributed by atoms with E-state index in [0.717, 1.165) is 11.0 Å². The second kappa shape index (κ2) is 4.78. The lowest BCUT2D eigenvalue weighted by atomic mass is 9.99. The highest BCUT2D eigenvalue weighted by molar-refractivity contribution is 5.79. The van der Waals surface area contributed by atoms with E-state index in [0.29, 0.717) is 29.9 Å². The molecule has 0 aliphatic heterocycles. The molecule has 1 aromatic carbocycles. The molecule has 4 heteroatoms. The zero-order valence-electron chi connectivity index (χ0n) is 14.6. The molecule has 0 aliphatic rings. The Morgan fingerprint density at radius 2 is 2.20 bits per heavy atom. The van der Waals surface area contributed by atoms with Gasteiger partial charge < -0.3 is 4.98 Å². The summed E-state index contributed by atoms with van der Waals surface area (Å²) >= 11 is 0. The lowest BCUT2D eigenvalue weighted by Crippen LogP contribution is -2.22. The minimum atomic E-state index is -2.18. The molecule has 2 aromatic heterocycles. The van der Waals surface area contributed by atoms with Crippen LogP contribution in [-0.4, -0.2) is 14.4 Å². The van der Waals surface area contributed by atoms with Crippen LogP contribution in [0.15, 0.2) is 29.1 Å². The minimum Gasteiger partial charge on any atom is -0.323 e. The standard InChI is InChI=1S/C16H19N3O/c1-4-10(3)14-11(5-2)15(20)19-13-9-7-6-8-12(13)17-16(19)18-14/h6-10H,4-5H2,1-3H3,(H,17,18)/t10-/m0/s1/i3D3. The molecule has 4 nitrogen and oxygen atoms in total. The van der Waals surface area contributed by atoms with Gasteiger partial charge in [0.25, 0.3) is 5.56 Å². The van der Waals surface area contributed by atoms with Gasteiger partial charge in [-0.2, -0.15) is 0 Å². The van der Waals surface area contributed by atoms with Crippen LogP contribution in [0.4, 0.5) is 0 Å². The number of hydrogen-bond acceptors (Lipinski definition) is 2. The van der Waals surface area contributed by atoms with Crippen molar-refractivity contribution in [2.24, 2.45) is 0 Å². The van der Waals surface area contributed by atoms with Crippen LogP contribution < -0.4 is 5.56 Å². The highest BCUT2D eigenvalue weighted by Gasteiger charge is 2.17. The van der Waals surface area contributed by atoms with Crippen LogP contribution in [0.25, 0.3) is 16.8 Å². The predicted molar refractivity (Wildman–Crippen MR) is 81.4 cm³/mol. The Kier molecular flexibility index (Phi) is 2.33. The van der Waals surface area contributed by atoms with Crippen LogP contribution >= 0.6 is 0 Å². The van der Waals surface area contributed by atoms with Gasteiger partial charge in [-0.05, 0) is 30.9 Å². The van der Waals surface area contributed by atoms with Gasteiger partial charge in [0.15, 0.2) is 0 Å². The maximum absolute atomic E-state index is 12.9. The largest absolute Gasteiger partial charge is 0.323 e. The monoisotopic (exact) mass is 272 g/mol. The third-order valence-corrected chi connectivity index (χ3v) is 3.69. The summed E-state index contributed by atoms with van der Waals surface area (Å²) in [5.41, 5.74) is 2.25. The molecule has 0 fully saturated rings. The van der Waals surface area contributed by atoms with Crippen molar-refractivity contribution < 1.29 is 4.11 Å². The molecule has 3 aromatic rings. The molecule has 0 radical (unpaired) electrons. The van der Waals surface area contributed by atoms with Gasteiger partial charge in [0, 0.05) is 9.68 Å². The van der Waals surface area contributed by atoms with Crippen molar-refractivity contribution in [1.29, 1.82) is 0 Å². The molecule has 0 unspecified atom stereocenters. The van der Waals surface area contributed by atoms with Crippen molar-refractivity contribution in [3.8, 4) is 0 Å². The van der Waals surface area contributed by atoms with Crippen LogP contribution in [0.5, 0.6) is 0 Å². The van der Waals surface area contributed by atoms with E-state index in [1.807, 2.05) is 38.1 Å². The molecular weight excluding hydrogens is 250 g/mol. The van der Waals surface area contributed by atoms with E-state index in [1.165, 1.54) is 4.40 Å². The fourth-order valence-electron chi connectivity index (χ4n) is 2.59. The lowest BCUT2D eigenvalue weighted by Gasteiger charge is -2.12. The van der Waals surface area contributed by atoms with Crippen LogP contribution in [0.3, 0.4) is 0 Å². The molecule has 1 atom stereocenters. The average molecular weight is 272 g/mol. The predicted octanol–water partition coefficient (Wildman–Crippen LogP) is 3.25. The maximum Gasteiger partial charge on any atom is 0.263 e. The fourth-order valence-corrected chi connectivity index (χ4v) is 2.59. The number of imidazole rings is 1. The van der Waals surface area contributed by atoms with Crippen molar-refractivity contribution in [2.75, 3.05) is 0 Å². The molecule has 20 heavy (non-hydrogen) atoms. The number of benzene rings is 1. The van der Waals surface area contributed by atoms with E-state index in [4.69, 9.17) is 4.11 Å². The normalized spacial score (nSPS) is 16.0. The third-order valence-electron chi connectivity index (χ3n) is 3.69. The molecule has 104 valence electrons. The van der Waals surface area contributed by atoms with Gasteiger partial charge in [0.2, 0.25) is 5.78 Å². The Morgan fingerprint density at radius 3 is 2.90 bits per heavy atom. The number of para-hydroxylation sites is 2. The Balaban J connectivity index is 2.40. The second-order valence-electron chi connectivity index (χ2n) is 4.90. The van der Waals surface area contributed by atoms with E-state index in [1.54, 1.807) is 0 Å². The molecule has 3 rings (SSSR count). The molecule has 0 saturated heterocycles. The summed E-state index contributed by atoms with van der Waals surface area (Å²) in [7, 11) is 0. The SMILES string of the molecule is [2H]C([2H])([2H])[C@@H](CC)c1nc2[nH]c3ccccc3n2c(=O)c1CC.